The summed E-state index contributed by atoms with van der Waals surface area (Å²) in [6, 6.07) is 13.5. The molecule has 4 rings (SSSR count). The molecule has 3 aromatic heterocycles. The van der Waals surface area contributed by atoms with Gasteiger partial charge in [-0.25, -0.2) is 4.98 Å². The maximum absolute atomic E-state index is 12.9. The molecule has 0 bridgehead atoms. The zero-order valence-electron chi connectivity index (χ0n) is 14.5. The largest absolute Gasteiger partial charge is 0.318 e. The zero-order valence-corrected chi connectivity index (χ0v) is 15.3. The predicted molar refractivity (Wildman–Crippen MR) is 103 cm³/mol. The highest BCUT2D eigenvalue weighted by Gasteiger charge is 2.18. The number of Topliss-reactive ketones (excluding diaryl/α,β-unsaturated/α-hetero) is 1. The number of nitrogens with zero attached hydrogens (tertiary/aromatic N) is 3. The lowest BCUT2D eigenvalue weighted by Gasteiger charge is -2.10. The Morgan fingerprint density at radius 1 is 1.15 bits per heavy atom. The molecule has 4 aromatic rings. The minimum atomic E-state index is -0.179. The number of aryl methyl sites for hydroxylation is 1. The van der Waals surface area contributed by atoms with E-state index >= 15 is 0 Å². The van der Waals surface area contributed by atoms with Gasteiger partial charge in [-0.05, 0) is 43.5 Å². The van der Waals surface area contributed by atoms with Crippen LogP contribution in [0.15, 0.2) is 59.0 Å². The smallest absolute Gasteiger partial charge is 0.262 e. The molecule has 6 heteroatoms. The summed E-state index contributed by atoms with van der Waals surface area (Å²) in [4.78, 5) is 30.3. The molecule has 0 amide bonds. The van der Waals surface area contributed by atoms with Gasteiger partial charge in [-0.2, -0.15) is 0 Å². The third-order valence-corrected chi connectivity index (χ3v) is 5.33. The number of ketones is 1. The zero-order chi connectivity index (χ0) is 18.3. The average molecular weight is 363 g/mol. The molecule has 0 N–H and O–H groups in total. The second-order valence-corrected chi connectivity index (χ2v) is 7.09. The van der Waals surface area contributed by atoms with Gasteiger partial charge in [0.05, 0.1) is 18.3 Å². The van der Waals surface area contributed by atoms with E-state index in [1.165, 1.54) is 22.2 Å². The molecule has 0 spiro atoms. The molecule has 1 aromatic carbocycles. The van der Waals surface area contributed by atoms with Crippen molar-refractivity contribution in [1.29, 1.82) is 0 Å². The quantitative estimate of drug-likeness (QED) is 0.519. The van der Waals surface area contributed by atoms with Crippen LogP contribution in [0.1, 0.15) is 21.7 Å². The molecule has 0 saturated heterocycles. The van der Waals surface area contributed by atoms with Gasteiger partial charge in [0.1, 0.15) is 4.83 Å². The lowest BCUT2D eigenvalue weighted by molar-refractivity contribution is 0.0970. The summed E-state index contributed by atoms with van der Waals surface area (Å²) >= 11 is 1.42. The second-order valence-electron chi connectivity index (χ2n) is 6.20. The van der Waals surface area contributed by atoms with Crippen molar-refractivity contribution >= 4 is 27.3 Å². The fourth-order valence-corrected chi connectivity index (χ4v) is 3.99. The van der Waals surface area contributed by atoms with Crippen LogP contribution in [0.3, 0.4) is 0 Å². The molecule has 5 nitrogen and oxygen atoms in total. The predicted octanol–water partition coefficient (Wildman–Crippen LogP) is 3.75. The Hall–Kier alpha value is -2.99. The molecule has 3 heterocycles. The Morgan fingerprint density at radius 3 is 2.69 bits per heavy atom. The number of hydrogen-bond acceptors (Lipinski definition) is 4. The van der Waals surface area contributed by atoms with E-state index in [0.29, 0.717) is 15.8 Å². The normalized spacial score (nSPS) is 11.2. The Bertz CT molecular complexity index is 1170. The van der Waals surface area contributed by atoms with E-state index < -0.39 is 0 Å². The van der Waals surface area contributed by atoms with E-state index in [-0.39, 0.29) is 17.9 Å². The number of fused-ring (bicyclic) bond motifs is 1. The van der Waals surface area contributed by atoms with Crippen LogP contribution in [0.5, 0.6) is 0 Å². The van der Waals surface area contributed by atoms with Gasteiger partial charge >= 0.3 is 0 Å². The molecular weight excluding hydrogens is 346 g/mol. The van der Waals surface area contributed by atoms with Gasteiger partial charge in [0.2, 0.25) is 0 Å². The first-order valence-electron chi connectivity index (χ1n) is 8.26. The maximum Gasteiger partial charge on any atom is 0.262 e. The van der Waals surface area contributed by atoms with Crippen LogP contribution < -0.4 is 5.56 Å². The number of thiophene rings is 1. The van der Waals surface area contributed by atoms with Crippen LogP contribution in [-0.2, 0) is 6.54 Å². The summed E-state index contributed by atoms with van der Waals surface area (Å²) in [5.41, 5.74) is 3.32. The number of para-hydroxylation sites is 1. The molecule has 0 aliphatic rings. The minimum Gasteiger partial charge on any atom is -0.318 e. The lowest BCUT2D eigenvalue weighted by Crippen LogP contribution is -2.24. The standard InChI is InChI=1S/C20H17N3O2S/c1-13-10-17(14(2)23(13)15-6-4-3-5-7-15)18(24)11-22-12-21-19-16(20(22)25)8-9-26-19/h3-10,12H,11H2,1-2H3. The second kappa shape index (κ2) is 6.38. The monoisotopic (exact) mass is 363 g/mol. The molecule has 0 aliphatic carbocycles. The van der Waals surface area contributed by atoms with Crippen LogP contribution in [-0.4, -0.2) is 19.9 Å². The summed E-state index contributed by atoms with van der Waals surface area (Å²) in [5, 5.41) is 2.39. The number of carbonyl (C=O) groups is 1. The lowest BCUT2D eigenvalue weighted by atomic mass is 10.1. The first-order chi connectivity index (χ1) is 12.6. The van der Waals surface area contributed by atoms with Crippen LogP contribution in [0, 0.1) is 13.8 Å². The van der Waals surface area contributed by atoms with Crippen LogP contribution in [0.25, 0.3) is 15.9 Å². The van der Waals surface area contributed by atoms with Crippen molar-refractivity contribution in [2.75, 3.05) is 0 Å². The summed E-state index contributed by atoms with van der Waals surface area (Å²) in [6.45, 7) is 3.88. The Morgan fingerprint density at radius 2 is 1.92 bits per heavy atom. The molecule has 0 unspecified atom stereocenters. The molecule has 26 heavy (non-hydrogen) atoms. The van der Waals surface area contributed by atoms with E-state index in [0.717, 1.165) is 17.1 Å². The van der Waals surface area contributed by atoms with E-state index in [1.807, 2.05) is 55.6 Å². The number of benzene rings is 1. The van der Waals surface area contributed by atoms with E-state index in [4.69, 9.17) is 0 Å². The summed E-state index contributed by atoms with van der Waals surface area (Å²) in [7, 11) is 0. The van der Waals surface area contributed by atoms with E-state index in [1.54, 1.807) is 6.07 Å². The van der Waals surface area contributed by atoms with Crippen LogP contribution in [0.2, 0.25) is 0 Å². The van der Waals surface area contributed by atoms with Crippen LogP contribution >= 0.6 is 11.3 Å². The molecule has 0 saturated carbocycles. The Kier molecular flexibility index (Phi) is 4.05. The Balaban J connectivity index is 1.71. The summed E-state index contributed by atoms with van der Waals surface area (Å²) in [6.07, 6.45) is 1.45. The van der Waals surface area contributed by atoms with Gasteiger partial charge in [0.15, 0.2) is 5.78 Å². The number of hydrogen-bond donors (Lipinski definition) is 0. The van der Waals surface area contributed by atoms with Crippen molar-refractivity contribution in [2.24, 2.45) is 0 Å². The molecule has 0 atom stereocenters. The first kappa shape index (κ1) is 16.5. The van der Waals surface area contributed by atoms with Crippen molar-refractivity contribution in [1.82, 2.24) is 14.1 Å². The van der Waals surface area contributed by atoms with Crippen molar-refractivity contribution in [2.45, 2.75) is 20.4 Å². The third kappa shape index (κ3) is 2.68. The molecule has 0 fully saturated rings. The van der Waals surface area contributed by atoms with Gasteiger partial charge < -0.3 is 4.57 Å². The fourth-order valence-electron chi connectivity index (χ4n) is 3.27. The van der Waals surface area contributed by atoms with Gasteiger partial charge in [0, 0.05) is 22.6 Å². The van der Waals surface area contributed by atoms with Crippen molar-refractivity contribution in [3.63, 3.8) is 0 Å². The summed E-state index contributed by atoms with van der Waals surface area (Å²) < 4.78 is 3.43. The van der Waals surface area contributed by atoms with Crippen molar-refractivity contribution < 1.29 is 4.79 Å². The van der Waals surface area contributed by atoms with Gasteiger partial charge in [-0.15, -0.1) is 11.3 Å². The highest BCUT2D eigenvalue weighted by molar-refractivity contribution is 7.16. The SMILES string of the molecule is Cc1cc(C(=O)Cn2cnc3sccc3c2=O)c(C)n1-c1ccccc1. The molecule has 130 valence electrons. The van der Waals surface area contributed by atoms with Crippen molar-refractivity contribution in [3.8, 4) is 5.69 Å². The molecular formula is C20H17N3O2S. The Labute approximate surface area is 154 Å². The van der Waals surface area contributed by atoms with E-state index in [2.05, 4.69) is 9.55 Å². The highest BCUT2D eigenvalue weighted by atomic mass is 32.1. The highest BCUT2D eigenvalue weighted by Crippen LogP contribution is 2.21. The summed E-state index contributed by atoms with van der Waals surface area (Å²) in [5.74, 6) is -0.0984. The van der Waals surface area contributed by atoms with E-state index in [9.17, 15) is 9.59 Å². The average Bonchev–Trinajstić information content (AvgIpc) is 3.23. The van der Waals surface area contributed by atoms with Gasteiger partial charge in [-0.3, -0.25) is 14.2 Å². The number of aromatic nitrogens is 3. The van der Waals surface area contributed by atoms with Gasteiger partial charge in [-0.1, -0.05) is 18.2 Å². The van der Waals surface area contributed by atoms with Crippen molar-refractivity contribution in [3.05, 3.63) is 81.5 Å². The number of carbonyl (C=O) groups excluding carboxylic acids is 1. The molecule has 0 radical (unpaired) electrons. The third-order valence-electron chi connectivity index (χ3n) is 4.51. The minimum absolute atomic E-state index is 0.0172. The first-order valence-corrected chi connectivity index (χ1v) is 9.14. The van der Waals surface area contributed by atoms with Crippen LogP contribution in [0.4, 0.5) is 0 Å². The maximum atomic E-state index is 12.9. The van der Waals surface area contributed by atoms with Gasteiger partial charge in [0.25, 0.3) is 5.56 Å². The fraction of sp³-hybridized carbons (Fsp3) is 0.150. The topological polar surface area (TPSA) is 56.9 Å². The number of rotatable bonds is 4. The molecule has 0 aliphatic heterocycles.